The van der Waals surface area contributed by atoms with Crippen LogP contribution in [0.5, 0.6) is 0 Å². The Morgan fingerprint density at radius 1 is 1.25 bits per heavy atom. The highest BCUT2D eigenvalue weighted by Crippen LogP contribution is 1.97. The minimum atomic E-state index is -1.13. The normalized spacial score (nSPS) is 9.56. The molecule has 0 aromatic carbocycles. The van der Waals surface area contributed by atoms with Crippen molar-refractivity contribution in [3.05, 3.63) is 0 Å². The number of hydrogen-bond acceptors (Lipinski definition) is 4. The summed E-state index contributed by atoms with van der Waals surface area (Å²) < 4.78 is 16.0. The van der Waals surface area contributed by atoms with E-state index in [4.69, 9.17) is 5.11 Å². The maximum atomic E-state index is 11.6. The van der Waals surface area contributed by atoms with Crippen molar-refractivity contribution in [3.8, 4) is 0 Å². The van der Waals surface area contributed by atoms with E-state index in [1.807, 2.05) is 0 Å². The SMILES string of the molecule is O=C(O)CNC(=O)CCCC(=O)OCCF. The van der Waals surface area contributed by atoms with E-state index in [9.17, 15) is 18.8 Å². The molecule has 0 saturated carbocycles. The number of amides is 1. The maximum Gasteiger partial charge on any atom is 0.322 e. The summed E-state index contributed by atoms with van der Waals surface area (Å²) in [7, 11) is 0. The molecule has 0 fully saturated rings. The van der Waals surface area contributed by atoms with Gasteiger partial charge in [0, 0.05) is 12.8 Å². The third kappa shape index (κ3) is 8.92. The molecule has 0 atom stereocenters. The Kier molecular flexibility index (Phi) is 7.74. The molecule has 0 radical (unpaired) electrons. The molecule has 1 amide bonds. The van der Waals surface area contributed by atoms with Gasteiger partial charge in [-0.1, -0.05) is 0 Å². The predicted octanol–water partition coefficient (Wildman–Crippen LogP) is -0.130. The van der Waals surface area contributed by atoms with Crippen LogP contribution in [-0.2, 0) is 19.1 Å². The summed E-state index contributed by atoms with van der Waals surface area (Å²) in [5.41, 5.74) is 0. The van der Waals surface area contributed by atoms with Crippen molar-refractivity contribution in [3.63, 3.8) is 0 Å². The predicted molar refractivity (Wildman–Crippen MR) is 51.4 cm³/mol. The van der Waals surface area contributed by atoms with Gasteiger partial charge in [0.15, 0.2) is 0 Å². The summed E-state index contributed by atoms with van der Waals surface area (Å²) in [6.45, 7) is -1.44. The highest BCUT2D eigenvalue weighted by atomic mass is 19.1. The molecule has 0 aliphatic heterocycles. The number of carbonyl (C=O) groups is 3. The summed E-state index contributed by atoms with van der Waals surface area (Å²) >= 11 is 0. The van der Waals surface area contributed by atoms with Crippen molar-refractivity contribution in [2.75, 3.05) is 19.8 Å². The Morgan fingerprint density at radius 2 is 1.94 bits per heavy atom. The largest absolute Gasteiger partial charge is 0.480 e. The summed E-state index contributed by atoms with van der Waals surface area (Å²) in [6.07, 6.45) is 0.301. The van der Waals surface area contributed by atoms with Gasteiger partial charge in [-0.05, 0) is 6.42 Å². The van der Waals surface area contributed by atoms with Crippen LogP contribution in [0, 0.1) is 0 Å². The Hall–Kier alpha value is -1.66. The number of ether oxygens (including phenoxy) is 1. The Labute approximate surface area is 91.8 Å². The molecule has 0 aromatic heterocycles. The molecule has 0 aliphatic carbocycles. The zero-order valence-electron chi connectivity index (χ0n) is 8.70. The van der Waals surface area contributed by atoms with E-state index in [0.29, 0.717) is 0 Å². The highest BCUT2D eigenvalue weighted by Gasteiger charge is 2.06. The van der Waals surface area contributed by atoms with Crippen molar-refractivity contribution in [1.82, 2.24) is 5.32 Å². The van der Waals surface area contributed by atoms with Crippen molar-refractivity contribution in [2.45, 2.75) is 19.3 Å². The van der Waals surface area contributed by atoms with Gasteiger partial charge in [-0.25, -0.2) is 4.39 Å². The first-order valence-electron chi connectivity index (χ1n) is 4.76. The summed E-state index contributed by atoms with van der Waals surface area (Å²) in [6, 6.07) is 0. The first-order chi connectivity index (χ1) is 7.56. The molecule has 0 rings (SSSR count). The van der Waals surface area contributed by atoms with E-state index in [0.717, 1.165) is 0 Å². The average molecular weight is 235 g/mol. The molecule has 0 bridgehead atoms. The molecule has 7 heteroatoms. The van der Waals surface area contributed by atoms with Crippen LogP contribution in [0.25, 0.3) is 0 Å². The monoisotopic (exact) mass is 235 g/mol. The van der Waals surface area contributed by atoms with Crippen LogP contribution in [0.2, 0.25) is 0 Å². The molecular formula is C9H14FNO5. The van der Waals surface area contributed by atoms with E-state index in [1.165, 1.54) is 0 Å². The van der Waals surface area contributed by atoms with Gasteiger partial charge in [-0.2, -0.15) is 0 Å². The van der Waals surface area contributed by atoms with Crippen LogP contribution >= 0.6 is 0 Å². The van der Waals surface area contributed by atoms with Crippen molar-refractivity contribution in [1.29, 1.82) is 0 Å². The quantitative estimate of drug-likeness (QED) is 0.572. The molecular weight excluding hydrogens is 221 g/mol. The number of carboxylic acids is 1. The van der Waals surface area contributed by atoms with Gasteiger partial charge in [0.1, 0.15) is 19.8 Å². The average Bonchev–Trinajstić information content (AvgIpc) is 2.23. The lowest BCUT2D eigenvalue weighted by Crippen LogP contribution is -2.29. The Balaban J connectivity index is 3.46. The lowest BCUT2D eigenvalue weighted by Gasteiger charge is -2.03. The fourth-order valence-corrected chi connectivity index (χ4v) is 0.880. The minimum Gasteiger partial charge on any atom is -0.480 e. The Bertz CT molecular complexity index is 256. The number of esters is 1. The van der Waals surface area contributed by atoms with Crippen LogP contribution in [0.1, 0.15) is 19.3 Å². The highest BCUT2D eigenvalue weighted by molar-refractivity contribution is 5.81. The second-order valence-electron chi connectivity index (χ2n) is 2.93. The van der Waals surface area contributed by atoms with Gasteiger partial charge < -0.3 is 15.2 Å². The van der Waals surface area contributed by atoms with Crippen LogP contribution in [0.4, 0.5) is 4.39 Å². The third-order valence-corrected chi connectivity index (χ3v) is 1.56. The number of hydrogen-bond donors (Lipinski definition) is 2. The third-order valence-electron chi connectivity index (χ3n) is 1.56. The minimum absolute atomic E-state index is 0.0144. The summed E-state index contributed by atoms with van der Waals surface area (Å²) in [5, 5.41) is 10.4. The zero-order valence-corrected chi connectivity index (χ0v) is 8.70. The molecule has 16 heavy (non-hydrogen) atoms. The number of halogens is 1. The lowest BCUT2D eigenvalue weighted by atomic mass is 10.2. The van der Waals surface area contributed by atoms with Gasteiger partial charge in [0.2, 0.25) is 5.91 Å². The second-order valence-corrected chi connectivity index (χ2v) is 2.93. The van der Waals surface area contributed by atoms with Crippen LogP contribution in [0.15, 0.2) is 0 Å². The number of carbonyl (C=O) groups excluding carboxylic acids is 2. The fraction of sp³-hybridized carbons (Fsp3) is 0.667. The van der Waals surface area contributed by atoms with E-state index >= 15 is 0 Å². The molecule has 0 unspecified atom stereocenters. The van der Waals surface area contributed by atoms with E-state index < -0.39 is 31.1 Å². The van der Waals surface area contributed by atoms with Gasteiger partial charge >= 0.3 is 11.9 Å². The van der Waals surface area contributed by atoms with Gasteiger partial charge in [-0.15, -0.1) is 0 Å². The number of carboxylic acid groups (broad SMARTS) is 1. The first-order valence-corrected chi connectivity index (χ1v) is 4.76. The Morgan fingerprint density at radius 3 is 2.50 bits per heavy atom. The number of nitrogens with one attached hydrogen (secondary N) is 1. The lowest BCUT2D eigenvalue weighted by molar-refractivity contribution is -0.144. The van der Waals surface area contributed by atoms with Gasteiger partial charge in [-0.3, -0.25) is 14.4 Å². The molecule has 0 heterocycles. The van der Waals surface area contributed by atoms with E-state index in [-0.39, 0.29) is 25.9 Å². The standard InChI is InChI=1S/C9H14FNO5/c10-4-5-16-9(15)3-1-2-7(12)11-6-8(13)14/h1-6H2,(H,11,12)(H,13,14). The molecule has 0 aliphatic rings. The van der Waals surface area contributed by atoms with Crippen LogP contribution in [-0.4, -0.2) is 42.8 Å². The fourth-order valence-electron chi connectivity index (χ4n) is 0.880. The van der Waals surface area contributed by atoms with Crippen molar-refractivity contribution < 1.29 is 28.6 Å². The summed E-state index contributed by atoms with van der Waals surface area (Å²) in [4.78, 5) is 31.9. The molecule has 0 saturated heterocycles. The number of alkyl halides is 1. The number of aliphatic carboxylic acids is 1. The molecule has 6 nitrogen and oxygen atoms in total. The number of rotatable bonds is 8. The van der Waals surface area contributed by atoms with Crippen LogP contribution in [0.3, 0.4) is 0 Å². The van der Waals surface area contributed by atoms with E-state index in [2.05, 4.69) is 10.1 Å². The van der Waals surface area contributed by atoms with E-state index in [1.54, 1.807) is 0 Å². The molecule has 92 valence electrons. The molecule has 0 aromatic rings. The zero-order chi connectivity index (χ0) is 12.4. The first kappa shape index (κ1) is 14.3. The second kappa shape index (κ2) is 8.63. The maximum absolute atomic E-state index is 11.6. The molecule has 0 spiro atoms. The smallest absolute Gasteiger partial charge is 0.322 e. The molecule has 2 N–H and O–H groups in total. The topological polar surface area (TPSA) is 92.7 Å². The van der Waals surface area contributed by atoms with Gasteiger partial charge in [0.05, 0.1) is 0 Å². The summed E-state index contributed by atoms with van der Waals surface area (Å²) in [5.74, 6) is -2.14. The van der Waals surface area contributed by atoms with Crippen LogP contribution < -0.4 is 5.32 Å². The van der Waals surface area contributed by atoms with Gasteiger partial charge in [0.25, 0.3) is 0 Å². The van der Waals surface area contributed by atoms with Crippen molar-refractivity contribution in [2.24, 2.45) is 0 Å². The van der Waals surface area contributed by atoms with Crippen molar-refractivity contribution >= 4 is 17.8 Å².